The first-order chi connectivity index (χ1) is 12.9. The third-order valence-electron chi connectivity index (χ3n) is 6.95. The van der Waals surface area contributed by atoms with E-state index in [2.05, 4.69) is 23.1 Å². The summed E-state index contributed by atoms with van der Waals surface area (Å²) in [4.78, 5) is 2.62. The van der Waals surface area contributed by atoms with Crippen molar-refractivity contribution in [2.24, 2.45) is 5.92 Å². The van der Waals surface area contributed by atoms with Crippen molar-refractivity contribution in [1.82, 2.24) is 4.90 Å². The Hall–Kier alpha value is -0.190. The predicted octanol–water partition coefficient (Wildman–Crippen LogP) is 5.14. The third kappa shape index (κ3) is 3.96. The number of alkyl halides is 3. The lowest BCUT2D eigenvalue weighted by molar-refractivity contribution is -0.0240. The van der Waals surface area contributed by atoms with Crippen LogP contribution in [0, 0.1) is 5.92 Å². The van der Waals surface area contributed by atoms with Crippen LogP contribution in [0.15, 0.2) is 18.2 Å². The average molecular weight is 433 g/mol. The summed E-state index contributed by atoms with van der Waals surface area (Å²) in [5.74, 6) is 1.72. The Balaban J connectivity index is 1.54. The van der Waals surface area contributed by atoms with Crippen LogP contribution >= 0.6 is 34.8 Å². The molecule has 1 aromatic carbocycles. The number of methoxy groups -OCH3 is 1. The van der Waals surface area contributed by atoms with E-state index in [-0.39, 0.29) is 6.61 Å². The lowest BCUT2D eigenvalue weighted by Crippen LogP contribution is -2.61. The molecule has 0 amide bonds. The number of hydrogen-bond donors (Lipinski definition) is 0. The molecule has 2 bridgehead atoms. The highest BCUT2D eigenvalue weighted by molar-refractivity contribution is 6.67. The van der Waals surface area contributed by atoms with Crippen molar-refractivity contribution in [1.29, 1.82) is 0 Å². The monoisotopic (exact) mass is 431 g/mol. The molecule has 1 saturated carbocycles. The number of rotatable bonds is 5. The molecule has 0 N–H and O–H groups in total. The van der Waals surface area contributed by atoms with Crippen LogP contribution in [-0.2, 0) is 16.6 Å². The maximum Gasteiger partial charge on any atom is 0.213 e. The van der Waals surface area contributed by atoms with Crippen LogP contribution in [-0.4, -0.2) is 48.1 Å². The predicted molar refractivity (Wildman–Crippen MR) is 111 cm³/mol. The van der Waals surface area contributed by atoms with Crippen LogP contribution in [0.2, 0.25) is 0 Å². The first-order valence-electron chi connectivity index (χ1n) is 9.99. The Kier molecular flexibility index (Phi) is 5.89. The van der Waals surface area contributed by atoms with E-state index in [1.165, 1.54) is 37.7 Å². The second-order valence-electron chi connectivity index (χ2n) is 8.26. The molecule has 0 radical (unpaired) electrons. The van der Waals surface area contributed by atoms with Crippen LogP contribution in [0.5, 0.6) is 5.75 Å². The Bertz CT molecular complexity index is 678. The largest absolute Gasteiger partial charge is 0.497 e. The molecule has 6 heteroatoms. The van der Waals surface area contributed by atoms with Gasteiger partial charge < -0.3 is 9.47 Å². The van der Waals surface area contributed by atoms with Gasteiger partial charge >= 0.3 is 0 Å². The molecule has 0 aromatic heterocycles. The van der Waals surface area contributed by atoms with Crippen molar-refractivity contribution in [2.45, 2.75) is 53.8 Å². The maximum atomic E-state index is 5.79. The SMILES string of the molecule is COc1ccc2c(c1)C13CCCCC1C(C2)N(CCOCC(Cl)(Cl)Cl)CC3. The number of ether oxygens (including phenoxy) is 2. The topological polar surface area (TPSA) is 21.7 Å². The lowest BCUT2D eigenvalue weighted by atomic mass is 9.52. The molecular weight excluding hydrogens is 405 g/mol. The first-order valence-corrected chi connectivity index (χ1v) is 11.1. The molecular formula is C21H28Cl3NO2. The van der Waals surface area contributed by atoms with Gasteiger partial charge in [-0.1, -0.05) is 53.7 Å². The molecule has 2 fully saturated rings. The summed E-state index contributed by atoms with van der Waals surface area (Å²) in [7, 11) is 1.77. The van der Waals surface area contributed by atoms with Crippen molar-refractivity contribution < 1.29 is 9.47 Å². The molecule has 3 unspecified atom stereocenters. The van der Waals surface area contributed by atoms with Gasteiger partial charge in [0.05, 0.1) is 20.3 Å². The Morgan fingerprint density at radius 3 is 2.85 bits per heavy atom. The Labute approximate surface area is 177 Å². The summed E-state index contributed by atoms with van der Waals surface area (Å²) in [5, 5.41) is 0. The number of benzene rings is 1. The van der Waals surface area contributed by atoms with Gasteiger partial charge in [0.25, 0.3) is 0 Å². The normalized spacial score (nSPS) is 30.5. The fourth-order valence-corrected chi connectivity index (χ4v) is 6.07. The number of hydrogen-bond acceptors (Lipinski definition) is 3. The van der Waals surface area contributed by atoms with Crippen LogP contribution < -0.4 is 4.74 Å². The highest BCUT2D eigenvalue weighted by Gasteiger charge is 2.53. The molecule has 2 aliphatic carbocycles. The fourth-order valence-electron chi connectivity index (χ4n) is 5.84. The number of nitrogens with zero attached hydrogens (tertiary/aromatic N) is 1. The van der Waals surface area contributed by atoms with Crippen LogP contribution in [0.1, 0.15) is 43.2 Å². The maximum absolute atomic E-state index is 5.79. The lowest BCUT2D eigenvalue weighted by Gasteiger charge is -2.59. The summed E-state index contributed by atoms with van der Waals surface area (Å²) >= 11 is 17.4. The van der Waals surface area contributed by atoms with E-state index >= 15 is 0 Å². The second-order valence-corrected chi connectivity index (χ2v) is 10.8. The zero-order valence-corrected chi connectivity index (χ0v) is 18.1. The quantitative estimate of drug-likeness (QED) is 0.475. The third-order valence-corrected chi connectivity index (χ3v) is 7.27. The molecule has 1 aromatic rings. The molecule has 0 spiro atoms. The van der Waals surface area contributed by atoms with E-state index in [1.807, 2.05) is 0 Å². The number of likely N-dealkylation sites (tertiary alicyclic amines) is 1. The van der Waals surface area contributed by atoms with Gasteiger partial charge in [-0.25, -0.2) is 0 Å². The number of fused-ring (bicyclic) bond motifs is 1. The summed E-state index contributed by atoms with van der Waals surface area (Å²) < 4.78 is 9.84. The van der Waals surface area contributed by atoms with E-state index in [1.54, 1.807) is 12.7 Å². The minimum atomic E-state index is -1.33. The Morgan fingerprint density at radius 1 is 1.22 bits per heavy atom. The van der Waals surface area contributed by atoms with Gasteiger partial charge in [-0.3, -0.25) is 4.90 Å². The van der Waals surface area contributed by atoms with Gasteiger partial charge in [-0.05, 0) is 61.4 Å². The fraction of sp³-hybridized carbons (Fsp3) is 0.714. The van der Waals surface area contributed by atoms with Gasteiger partial charge in [0.2, 0.25) is 3.79 Å². The molecule has 1 aliphatic heterocycles. The average Bonchev–Trinajstić information content (AvgIpc) is 2.65. The minimum absolute atomic E-state index is 0.145. The summed E-state index contributed by atoms with van der Waals surface area (Å²) in [5.41, 5.74) is 3.40. The Morgan fingerprint density at radius 2 is 2.07 bits per heavy atom. The first kappa shape index (κ1) is 20.1. The van der Waals surface area contributed by atoms with Gasteiger partial charge in [0, 0.05) is 18.0 Å². The molecule has 27 heavy (non-hydrogen) atoms. The highest BCUT2D eigenvalue weighted by Crippen LogP contribution is 2.56. The zero-order valence-electron chi connectivity index (χ0n) is 15.9. The van der Waals surface area contributed by atoms with E-state index in [4.69, 9.17) is 44.3 Å². The summed E-state index contributed by atoms with van der Waals surface area (Å²) in [6.07, 6.45) is 7.67. The summed E-state index contributed by atoms with van der Waals surface area (Å²) in [6, 6.07) is 7.32. The molecule has 3 nitrogen and oxygen atoms in total. The van der Waals surface area contributed by atoms with E-state index < -0.39 is 3.79 Å². The van der Waals surface area contributed by atoms with E-state index in [9.17, 15) is 0 Å². The van der Waals surface area contributed by atoms with E-state index in [0.29, 0.717) is 18.1 Å². The van der Waals surface area contributed by atoms with Crippen LogP contribution in [0.3, 0.4) is 0 Å². The zero-order chi connectivity index (χ0) is 19.1. The van der Waals surface area contributed by atoms with Crippen molar-refractivity contribution in [3.63, 3.8) is 0 Å². The van der Waals surface area contributed by atoms with Crippen molar-refractivity contribution in [3.05, 3.63) is 29.3 Å². The molecule has 1 heterocycles. The van der Waals surface area contributed by atoms with Gasteiger partial charge in [0.15, 0.2) is 0 Å². The number of piperidine rings is 1. The van der Waals surface area contributed by atoms with Crippen molar-refractivity contribution in [2.75, 3.05) is 33.4 Å². The smallest absolute Gasteiger partial charge is 0.213 e. The van der Waals surface area contributed by atoms with Gasteiger partial charge in [-0.2, -0.15) is 0 Å². The highest BCUT2D eigenvalue weighted by atomic mass is 35.6. The second kappa shape index (κ2) is 7.91. The molecule has 3 atom stereocenters. The van der Waals surface area contributed by atoms with E-state index in [0.717, 1.165) is 31.2 Å². The van der Waals surface area contributed by atoms with Crippen molar-refractivity contribution >= 4 is 34.8 Å². The van der Waals surface area contributed by atoms with Gasteiger partial charge in [0.1, 0.15) is 5.75 Å². The molecule has 4 rings (SSSR count). The number of halogens is 3. The minimum Gasteiger partial charge on any atom is -0.497 e. The van der Waals surface area contributed by atoms with Crippen molar-refractivity contribution in [3.8, 4) is 5.75 Å². The van der Waals surface area contributed by atoms with Crippen LogP contribution in [0.25, 0.3) is 0 Å². The standard InChI is InChI=1S/C21H28Cl3NO2/c1-26-16-6-5-15-12-19-17-4-2-3-7-20(17,18(15)13-16)8-9-25(19)10-11-27-14-21(22,23)24/h5-6,13,17,19H,2-4,7-12,14H2,1H3. The molecule has 1 saturated heterocycles. The van der Waals surface area contributed by atoms with Crippen LogP contribution in [0.4, 0.5) is 0 Å². The molecule has 3 aliphatic rings. The van der Waals surface area contributed by atoms with Gasteiger partial charge in [-0.15, -0.1) is 0 Å². The summed E-state index contributed by atoms with van der Waals surface area (Å²) in [6.45, 7) is 2.78. The molecule has 150 valence electrons.